The molecule has 0 radical (unpaired) electrons. The molecule has 2 aromatic carbocycles. The van der Waals surface area contributed by atoms with Crippen molar-refractivity contribution in [2.24, 2.45) is 7.05 Å². The van der Waals surface area contributed by atoms with Gasteiger partial charge in [0.05, 0.1) is 10.7 Å². The van der Waals surface area contributed by atoms with E-state index in [-0.39, 0.29) is 0 Å². The summed E-state index contributed by atoms with van der Waals surface area (Å²) in [5, 5.41) is 2.56. The van der Waals surface area contributed by atoms with Crippen LogP contribution in [0.4, 0.5) is 5.69 Å². The van der Waals surface area contributed by atoms with Gasteiger partial charge in [0.2, 0.25) is 5.52 Å². The van der Waals surface area contributed by atoms with E-state index in [1.165, 1.54) is 58.7 Å². The topological polar surface area (TPSA) is 7.12 Å². The zero-order valence-electron chi connectivity index (χ0n) is 17.7. The molecule has 1 aromatic heterocycles. The van der Waals surface area contributed by atoms with E-state index in [4.69, 9.17) is 0 Å². The number of rotatable bonds is 2. The lowest BCUT2D eigenvalue weighted by atomic mass is 10.1. The van der Waals surface area contributed by atoms with E-state index in [2.05, 4.69) is 94.6 Å². The summed E-state index contributed by atoms with van der Waals surface area (Å²) in [7, 11) is 4.33. The van der Waals surface area contributed by atoms with Crippen LogP contribution in [-0.2, 0) is 7.05 Å². The van der Waals surface area contributed by atoms with Crippen LogP contribution in [0.5, 0.6) is 0 Å². The Bertz CT molecular complexity index is 1170. The largest absolute Gasteiger partial charge is 0.338 e. The number of benzene rings is 2. The number of nitrogens with zero attached hydrogens (tertiary/aromatic N) is 2. The molecule has 3 aromatic rings. The summed E-state index contributed by atoms with van der Waals surface area (Å²) in [5.41, 5.74) is 9.31. The number of fused-ring (bicyclic) bond motifs is 2. The summed E-state index contributed by atoms with van der Waals surface area (Å²) < 4.78 is 3.66. The summed E-state index contributed by atoms with van der Waals surface area (Å²) in [4.78, 5) is 3.66. The van der Waals surface area contributed by atoms with Gasteiger partial charge in [-0.3, -0.25) is 0 Å². The summed E-state index contributed by atoms with van der Waals surface area (Å²) in [6, 6.07) is 9.22. The van der Waals surface area contributed by atoms with Crippen molar-refractivity contribution in [3.8, 4) is 0 Å². The molecular weight excluding hydrogens is 380 g/mol. The second kappa shape index (κ2) is 7.09. The maximum Gasteiger partial charge on any atom is 0.262 e. The Labute approximate surface area is 176 Å². The summed E-state index contributed by atoms with van der Waals surface area (Å²) in [6.07, 6.45) is 4.60. The molecule has 0 amide bonds. The number of allylic oxidation sites excluding steroid dienone is 2. The molecule has 1 aliphatic heterocycles. The van der Waals surface area contributed by atoms with Crippen LogP contribution < -0.4 is 9.47 Å². The minimum absolute atomic E-state index is 1.27. The molecule has 0 saturated carbocycles. The lowest BCUT2D eigenvalue weighted by Crippen LogP contribution is -2.29. The number of hydrogen-bond donors (Lipinski definition) is 0. The Morgan fingerprint density at radius 3 is 2.36 bits per heavy atom. The molecule has 4 rings (SSSR count). The highest BCUT2D eigenvalue weighted by molar-refractivity contribution is 8.03. The molecule has 0 aliphatic carbocycles. The second-order valence-electron chi connectivity index (χ2n) is 7.84. The van der Waals surface area contributed by atoms with Gasteiger partial charge in [-0.1, -0.05) is 23.1 Å². The predicted molar refractivity (Wildman–Crippen MR) is 124 cm³/mol. The number of thioether (sulfide) groups is 1. The van der Waals surface area contributed by atoms with E-state index >= 15 is 0 Å². The molecule has 0 atom stereocenters. The van der Waals surface area contributed by atoms with Gasteiger partial charge in [-0.25, -0.2) is 0 Å². The monoisotopic (exact) mass is 407 g/mol. The lowest BCUT2D eigenvalue weighted by Gasteiger charge is -2.14. The number of aryl methyl sites for hydroxylation is 5. The molecule has 0 unspecified atom stereocenters. The fourth-order valence-corrected chi connectivity index (χ4v) is 6.00. The molecule has 0 saturated heterocycles. The Kier molecular flexibility index (Phi) is 4.88. The van der Waals surface area contributed by atoms with Crippen molar-refractivity contribution in [1.82, 2.24) is 0 Å². The average Bonchev–Trinajstić information content (AvgIpc) is 3.07. The van der Waals surface area contributed by atoms with Gasteiger partial charge in [0, 0.05) is 24.1 Å². The van der Waals surface area contributed by atoms with Gasteiger partial charge in [0.25, 0.3) is 5.01 Å². The maximum atomic E-state index is 2.31. The van der Waals surface area contributed by atoms with Crippen molar-refractivity contribution in [3.63, 3.8) is 0 Å². The number of aromatic nitrogens is 1. The first kappa shape index (κ1) is 19.3. The fourth-order valence-electron chi connectivity index (χ4n) is 3.52. The minimum Gasteiger partial charge on any atom is -0.338 e. The molecule has 0 bridgehead atoms. The Hall–Kier alpha value is -2.04. The molecule has 2 nitrogen and oxygen atoms in total. The van der Waals surface area contributed by atoms with Crippen LogP contribution in [0.1, 0.15) is 34.2 Å². The van der Waals surface area contributed by atoms with Crippen molar-refractivity contribution >= 4 is 45.1 Å². The van der Waals surface area contributed by atoms with Crippen molar-refractivity contribution in [3.05, 3.63) is 68.2 Å². The molecule has 4 heteroatoms. The summed E-state index contributed by atoms with van der Waals surface area (Å²) in [6.45, 7) is 10.9. The van der Waals surface area contributed by atoms with Crippen LogP contribution in [0.2, 0.25) is 0 Å². The predicted octanol–water partition coefficient (Wildman–Crippen LogP) is 6.45. The normalized spacial score (nSPS) is 15.8. The number of thiazole rings is 1. The first-order chi connectivity index (χ1) is 13.2. The van der Waals surface area contributed by atoms with Crippen LogP contribution in [0, 0.1) is 27.7 Å². The highest BCUT2D eigenvalue weighted by Gasteiger charge is 2.23. The molecule has 28 heavy (non-hydrogen) atoms. The van der Waals surface area contributed by atoms with Gasteiger partial charge in [-0.05, 0) is 86.7 Å². The highest BCUT2D eigenvalue weighted by atomic mass is 32.2. The highest BCUT2D eigenvalue weighted by Crippen LogP contribution is 2.46. The molecule has 144 valence electrons. The van der Waals surface area contributed by atoms with Gasteiger partial charge in [-0.2, -0.15) is 4.57 Å². The molecule has 0 spiro atoms. The Morgan fingerprint density at radius 1 is 0.964 bits per heavy atom. The zero-order chi connectivity index (χ0) is 20.2. The van der Waals surface area contributed by atoms with Crippen LogP contribution in [0.25, 0.3) is 16.3 Å². The third kappa shape index (κ3) is 3.29. The third-order valence-corrected chi connectivity index (χ3v) is 7.96. The van der Waals surface area contributed by atoms with Gasteiger partial charge < -0.3 is 4.90 Å². The van der Waals surface area contributed by atoms with Gasteiger partial charge in [0.1, 0.15) is 11.7 Å². The summed E-state index contributed by atoms with van der Waals surface area (Å²) >= 11 is 3.72. The van der Waals surface area contributed by atoms with E-state index in [1.54, 1.807) is 0 Å². The first-order valence-corrected chi connectivity index (χ1v) is 11.2. The molecule has 2 heterocycles. The van der Waals surface area contributed by atoms with Crippen molar-refractivity contribution in [2.75, 3.05) is 11.9 Å². The lowest BCUT2D eigenvalue weighted by molar-refractivity contribution is -0.642. The van der Waals surface area contributed by atoms with E-state index in [9.17, 15) is 0 Å². The Morgan fingerprint density at radius 2 is 1.61 bits per heavy atom. The van der Waals surface area contributed by atoms with Crippen LogP contribution in [-0.4, -0.2) is 7.05 Å². The van der Waals surface area contributed by atoms with Gasteiger partial charge in [0.15, 0.2) is 0 Å². The first-order valence-electron chi connectivity index (χ1n) is 9.57. The van der Waals surface area contributed by atoms with Crippen LogP contribution >= 0.6 is 23.1 Å². The van der Waals surface area contributed by atoms with Crippen molar-refractivity contribution in [1.29, 1.82) is 0 Å². The Balaban J connectivity index is 1.69. The van der Waals surface area contributed by atoms with Crippen molar-refractivity contribution in [2.45, 2.75) is 39.5 Å². The quantitative estimate of drug-likeness (QED) is 0.451. The van der Waals surface area contributed by atoms with Crippen molar-refractivity contribution < 1.29 is 4.57 Å². The van der Waals surface area contributed by atoms with E-state index in [0.29, 0.717) is 0 Å². The molecule has 0 fully saturated rings. The van der Waals surface area contributed by atoms with E-state index < -0.39 is 0 Å². The average molecular weight is 408 g/mol. The van der Waals surface area contributed by atoms with E-state index in [1.807, 2.05) is 23.1 Å². The minimum atomic E-state index is 1.27. The molecular formula is C24H27N2S2+. The SMILES string of the molecule is CC(/C=C1\Sc2cc(C)c(C)cc2N1C)=C\c1sc2cc(C)c(C)cc2[n+]1C. The van der Waals surface area contributed by atoms with Gasteiger partial charge >= 0.3 is 0 Å². The van der Waals surface area contributed by atoms with Crippen LogP contribution in [0.15, 0.2) is 45.8 Å². The second-order valence-corrected chi connectivity index (χ2v) is 9.96. The number of anilines is 1. The van der Waals surface area contributed by atoms with Gasteiger partial charge in [-0.15, -0.1) is 0 Å². The maximum absolute atomic E-state index is 2.31. The number of hydrogen-bond acceptors (Lipinski definition) is 3. The molecule has 1 aliphatic rings. The standard InChI is InChI=1S/C24H27N2S2/c1-14(8-23-25(6)19-10-15(2)17(4)12-21(19)27-23)9-24-26(7)20-11-16(3)18(5)13-22(20)28-24/h8-13H,1-7H3/q+1. The fraction of sp³-hybridized carbons (Fsp3) is 0.292. The van der Waals surface area contributed by atoms with E-state index in [0.717, 1.165) is 0 Å². The summed E-state index contributed by atoms with van der Waals surface area (Å²) in [5.74, 6) is 0. The smallest absolute Gasteiger partial charge is 0.262 e. The third-order valence-electron chi connectivity index (χ3n) is 5.67. The van der Waals surface area contributed by atoms with Crippen LogP contribution in [0.3, 0.4) is 0 Å². The zero-order valence-corrected chi connectivity index (χ0v) is 19.3. The molecule has 0 N–H and O–H groups in total.